The summed E-state index contributed by atoms with van der Waals surface area (Å²) in [7, 11) is 1.66. The first kappa shape index (κ1) is 17.2. The van der Waals surface area contributed by atoms with Gasteiger partial charge in [-0.05, 0) is 56.9 Å². The highest BCUT2D eigenvalue weighted by molar-refractivity contribution is 5.43. The van der Waals surface area contributed by atoms with Crippen LogP contribution in [-0.2, 0) is 0 Å². The molecular weight excluding hydrogens is 288 g/mol. The van der Waals surface area contributed by atoms with Crippen LogP contribution in [0.4, 0.5) is 0 Å². The van der Waals surface area contributed by atoms with Crippen molar-refractivity contribution in [1.82, 2.24) is 0 Å². The third-order valence-electron chi connectivity index (χ3n) is 3.72. The molecule has 0 heterocycles. The molecule has 0 radical (unpaired) electrons. The maximum atomic E-state index is 5.94. The molecule has 0 N–H and O–H groups in total. The van der Waals surface area contributed by atoms with E-state index in [0.29, 0.717) is 13.2 Å². The zero-order chi connectivity index (χ0) is 16.7. The van der Waals surface area contributed by atoms with Gasteiger partial charge in [0.25, 0.3) is 0 Å². The van der Waals surface area contributed by atoms with E-state index < -0.39 is 0 Å². The molecule has 0 unspecified atom stereocenters. The van der Waals surface area contributed by atoms with Gasteiger partial charge >= 0.3 is 0 Å². The third-order valence-corrected chi connectivity index (χ3v) is 3.72. The number of hydrogen-bond acceptors (Lipinski definition) is 3. The second kappa shape index (κ2) is 8.47. The van der Waals surface area contributed by atoms with Gasteiger partial charge in [0.05, 0.1) is 20.3 Å². The summed E-state index contributed by atoms with van der Waals surface area (Å²) in [5, 5.41) is 0. The quantitative estimate of drug-likeness (QED) is 0.651. The highest BCUT2D eigenvalue weighted by Crippen LogP contribution is 2.26. The van der Waals surface area contributed by atoms with Crippen LogP contribution in [0.3, 0.4) is 0 Å². The van der Waals surface area contributed by atoms with E-state index in [4.69, 9.17) is 14.2 Å². The summed E-state index contributed by atoms with van der Waals surface area (Å²) in [6.07, 6.45) is 1.91. The van der Waals surface area contributed by atoms with Crippen LogP contribution in [0.25, 0.3) is 0 Å². The van der Waals surface area contributed by atoms with E-state index in [1.54, 1.807) is 7.11 Å². The van der Waals surface area contributed by atoms with Crippen molar-refractivity contribution in [3.8, 4) is 17.2 Å². The highest BCUT2D eigenvalue weighted by atomic mass is 16.5. The topological polar surface area (TPSA) is 27.7 Å². The lowest BCUT2D eigenvalue weighted by atomic mass is 10.1. The van der Waals surface area contributed by atoms with Crippen LogP contribution < -0.4 is 14.2 Å². The average Bonchev–Trinajstić information content (AvgIpc) is 2.53. The SMILES string of the molecule is COc1ccccc1OCCCCOc1c(C)cc(C)cc1C. The maximum absolute atomic E-state index is 5.94. The number of rotatable bonds is 8. The van der Waals surface area contributed by atoms with Crippen molar-refractivity contribution in [2.75, 3.05) is 20.3 Å². The molecule has 0 fully saturated rings. The molecule has 0 bridgehead atoms. The molecule has 124 valence electrons. The molecule has 3 heteroatoms. The molecule has 0 amide bonds. The number of methoxy groups -OCH3 is 1. The van der Waals surface area contributed by atoms with E-state index in [2.05, 4.69) is 32.9 Å². The van der Waals surface area contributed by atoms with E-state index in [9.17, 15) is 0 Å². The molecule has 0 saturated heterocycles. The third kappa shape index (κ3) is 4.92. The fourth-order valence-electron chi connectivity index (χ4n) is 2.69. The first-order valence-electron chi connectivity index (χ1n) is 8.08. The largest absolute Gasteiger partial charge is 0.493 e. The van der Waals surface area contributed by atoms with Crippen LogP contribution in [0.2, 0.25) is 0 Å². The minimum Gasteiger partial charge on any atom is -0.493 e. The number of benzene rings is 2. The molecule has 2 rings (SSSR count). The van der Waals surface area contributed by atoms with Gasteiger partial charge in [0.15, 0.2) is 11.5 Å². The molecular formula is C20H26O3. The molecule has 0 spiro atoms. The Hall–Kier alpha value is -2.16. The lowest BCUT2D eigenvalue weighted by molar-refractivity contribution is 0.257. The fraction of sp³-hybridized carbons (Fsp3) is 0.400. The highest BCUT2D eigenvalue weighted by Gasteiger charge is 2.05. The van der Waals surface area contributed by atoms with Crippen LogP contribution in [0.5, 0.6) is 17.2 Å². The van der Waals surface area contributed by atoms with E-state index >= 15 is 0 Å². The molecule has 0 aliphatic heterocycles. The Morgan fingerprint density at radius 3 is 1.96 bits per heavy atom. The smallest absolute Gasteiger partial charge is 0.161 e. The second-order valence-corrected chi connectivity index (χ2v) is 5.78. The summed E-state index contributed by atoms with van der Waals surface area (Å²) in [6.45, 7) is 7.68. The maximum Gasteiger partial charge on any atom is 0.161 e. The lowest BCUT2D eigenvalue weighted by Gasteiger charge is -2.13. The van der Waals surface area contributed by atoms with Gasteiger partial charge in [0.2, 0.25) is 0 Å². The fourth-order valence-corrected chi connectivity index (χ4v) is 2.69. The van der Waals surface area contributed by atoms with Crippen molar-refractivity contribution >= 4 is 0 Å². The lowest BCUT2D eigenvalue weighted by Crippen LogP contribution is -2.04. The standard InChI is InChI=1S/C20H26O3/c1-15-13-16(2)20(17(3)14-15)23-12-8-7-11-22-19-10-6-5-9-18(19)21-4/h5-6,9-10,13-14H,7-8,11-12H2,1-4H3. The van der Waals surface area contributed by atoms with Gasteiger partial charge in [-0.15, -0.1) is 0 Å². The Morgan fingerprint density at radius 1 is 0.783 bits per heavy atom. The van der Waals surface area contributed by atoms with Gasteiger partial charge in [-0.1, -0.05) is 29.8 Å². The van der Waals surface area contributed by atoms with Crippen LogP contribution in [0.15, 0.2) is 36.4 Å². The van der Waals surface area contributed by atoms with Crippen molar-refractivity contribution in [2.45, 2.75) is 33.6 Å². The van der Waals surface area contributed by atoms with Gasteiger partial charge < -0.3 is 14.2 Å². The van der Waals surface area contributed by atoms with Crippen molar-refractivity contribution in [3.05, 3.63) is 53.1 Å². The van der Waals surface area contributed by atoms with Crippen molar-refractivity contribution in [2.24, 2.45) is 0 Å². The van der Waals surface area contributed by atoms with Gasteiger partial charge in [0.1, 0.15) is 5.75 Å². The molecule has 0 saturated carbocycles. The Bertz CT molecular complexity index is 612. The molecule has 2 aromatic carbocycles. The zero-order valence-electron chi connectivity index (χ0n) is 14.5. The van der Waals surface area contributed by atoms with Crippen molar-refractivity contribution in [3.63, 3.8) is 0 Å². The molecule has 0 atom stereocenters. The summed E-state index contributed by atoms with van der Waals surface area (Å²) < 4.78 is 17.0. The minimum absolute atomic E-state index is 0.662. The number of hydrogen-bond donors (Lipinski definition) is 0. The van der Waals surface area contributed by atoms with Crippen LogP contribution in [0.1, 0.15) is 29.5 Å². The molecule has 23 heavy (non-hydrogen) atoms. The summed E-state index contributed by atoms with van der Waals surface area (Å²) in [5.74, 6) is 2.58. The molecule has 0 aliphatic rings. The van der Waals surface area contributed by atoms with Gasteiger partial charge in [0, 0.05) is 0 Å². The van der Waals surface area contributed by atoms with Crippen LogP contribution >= 0.6 is 0 Å². The van der Waals surface area contributed by atoms with Crippen LogP contribution in [-0.4, -0.2) is 20.3 Å². The van der Waals surface area contributed by atoms with Crippen molar-refractivity contribution in [1.29, 1.82) is 0 Å². The van der Waals surface area contributed by atoms with E-state index in [1.165, 1.54) is 16.7 Å². The number of para-hydroxylation sites is 2. The summed E-state index contributed by atoms with van der Waals surface area (Å²) >= 11 is 0. The monoisotopic (exact) mass is 314 g/mol. The minimum atomic E-state index is 0.662. The number of unbranched alkanes of at least 4 members (excludes halogenated alkanes) is 1. The number of aryl methyl sites for hydroxylation is 3. The van der Waals surface area contributed by atoms with Gasteiger partial charge in [-0.3, -0.25) is 0 Å². The average molecular weight is 314 g/mol. The van der Waals surface area contributed by atoms with E-state index in [-0.39, 0.29) is 0 Å². The summed E-state index contributed by atoms with van der Waals surface area (Å²) in [6, 6.07) is 12.0. The van der Waals surface area contributed by atoms with Crippen molar-refractivity contribution < 1.29 is 14.2 Å². The van der Waals surface area contributed by atoms with E-state index in [1.807, 2.05) is 24.3 Å². The Labute approximate surface area is 139 Å². The van der Waals surface area contributed by atoms with Gasteiger partial charge in [-0.2, -0.15) is 0 Å². The number of ether oxygens (including phenoxy) is 3. The normalized spacial score (nSPS) is 10.4. The van der Waals surface area contributed by atoms with Gasteiger partial charge in [-0.25, -0.2) is 0 Å². The second-order valence-electron chi connectivity index (χ2n) is 5.78. The predicted molar refractivity (Wildman–Crippen MR) is 93.9 cm³/mol. The molecule has 0 aromatic heterocycles. The summed E-state index contributed by atoms with van der Waals surface area (Å²) in [5.41, 5.74) is 3.68. The Balaban J connectivity index is 1.72. The van der Waals surface area contributed by atoms with Crippen LogP contribution in [0, 0.1) is 20.8 Å². The Morgan fingerprint density at radius 2 is 1.35 bits per heavy atom. The molecule has 2 aromatic rings. The first-order chi connectivity index (χ1) is 11.1. The zero-order valence-corrected chi connectivity index (χ0v) is 14.5. The molecule has 3 nitrogen and oxygen atoms in total. The molecule has 0 aliphatic carbocycles. The Kier molecular flexibility index (Phi) is 6.33. The summed E-state index contributed by atoms with van der Waals surface area (Å²) in [4.78, 5) is 0. The predicted octanol–water partition coefficient (Wildman–Crippen LogP) is 4.86. The first-order valence-corrected chi connectivity index (χ1v) is 8.08. The van der Waals surface area contributed by atoms with E-state index in [0.717, 1.165) is 30.1 Å².